The summed E-state index contributed by atoms with van der Waals surface area (Å²) in [5.74, 6) is -0.354. The normalized spacial score (nSPS) is 17.2. The van der Waals surface area contributed by atoms with Gasteiger partial charge in [0.05, 0.1) is 12.9 Å². The summed E-state index contributed by atoms with van der Waals surface area (Å²) < 4.78 is 5.09. The number of esters is 1. The Bertz CT molecular complexity index is 248. The van der Waals surface area contributed by atoms with Gasteiger partial charge < -0.3 is 9.64 Å². The maximum atomic E-state index is 11.1. The second-order valence-electron chi connectivity index (χ2n) is 3.04. The van der Waals surface area contributed by atoms with Crippen LogP contribution in [0.15, 0.2) is 17.1 Å². The third-order valence-electron chi connectivity index (χ3n) is 1.81. The van der Waals surface area contributed by atoms with Crippen molar-refractivity contribution in [3.63, 3.8) is 0 Å². The number of hydrogen-bond acceptors (Lipinski definition) is 4. The van der Waals surface area contributed by atoms with Gasteiger partial charge in [-0.1, -0.05) is 6.58 Å². The number of carbonyl (C=O) groups excluding carboxylic acids is 1. The van der Waals surface area contributed by atoms with E-state index in [0.29, 0.717) is 5.57 Å². The van der Waals surface area contributed by atoms with Crippen molar-refractivity contribution < 1.29 is 9.53 Å². The van der Waals surface area contributed by atoms with E-state index >= 15 is 0 Å². The molecule has 1 rings (SSSR count). The Morgan fingerprint density at radius 3 is 2.92 bits per heavy atom. The summed E-state index contributed by atoms with van der Waals surface area (Å²) in [4.78, 5) is 17.0. The minimum atomic E-state index is -0.354. The molecule has 0 aromatic heterocycles. The second-order valence-corrected chi connectivity index (χ2v) is 3.04. The van der Waals surface area contributed by atoms with Crippen LogP contribution in [0, 0.1) is 0 Å². The van der Waals surface area contributed by atoms with Crippen LogP contribution in [0.3, 0.4) is 0 Å². The molecular weight excluding hydrogens is 168 g/mol. The SMILES string of the molecule is C=C(C)C(=O)OC(C)N1C=NCC1. The molecule has 0 aromatic carbocycles. The molecule has 1 aliphatic heterocycles. The smallest absolute Gasteiger partial charge is 0.335 e. The van der Waals surface area contributed by atoms with E-state index in [0.717, 1.165) is 13.1 Å². The van der Waals surface area contributed by atoms with Crippen LogP contribution in [0.25, 0.3) is 0 Å². The molecule has 0 N–H and O–H groups in total. The molecule has 13 heavy (non-hydrogen) atoms. The second kappa shape index (κ2) is 4.07. The van der Waals surface area contributed by atoms with Gasteiger partial charge >= 0.3 is 5.97 Å². The van der Waals surface area contributed by atoms with E-state index in [-0.39, 0.29) is 12.2 Å². The summed E-state index contributed by atoms with van der Waals surface area (Å²) >= 11 is 0. The molecule has 0 amide bonds. The molecule has 0 spiro atoms. The van der Waals surface area contributed by atoms with E-state index in [9.17, 15) is 4.79 Å². The van der Waals surface area contributed by atoms with E-state index in [1.54, 1.807) is 13.3 Å². The number of aliphatic imine (C=N–C) groups is 1. The Morgan fingerprint density at radius 1 is 1.77 bits per heavy atom. The van der Waals surface area contributed by atoms with E-state index in [1.165, 1.54) is 0 Å². The molecule has 1 unspecified atom stereocenters. The van der Waals surface area contributed by atoms with Crippen LogP contribution >= 0.6 is 0 Å². The van der Waals surface area contributed by atoms with Crippen molar-refractivity contribution in [1.82, 2.24) is 4.90 Å². The highest BCUT2D eigenvalue weighted by Gasteiger charge is 2.17. The molecule has 0 aliphatic carbocycles. The molecule has 1 heterocycles. The standard InChI is InChI=1S/C9H14N2O2/c1-7(2)9(12)13-8(3)11-5-4-10-6-11/h6,8H,1,4-5H2,2-3H3. The maximum absolute atomic E-state index is 11.1. The highest BCUT2D eigenvalue weighted by atomic mass is 16.6. The first-order valence-corrected chi connectivity index (χ1v) is 4.23. The minimum Gasteiger partial charge on any atom is -0.439 e. The van der Waals surface area contributed by atoms with E-state index in [4.69, 9.17) is 4.74 Å². The zero-order valence-electron chi connectivity index (χ0n) is 7.99. The van der Waals surface area contributed by atoms with Crippen LogP contribution in [0.2, 0.25) is 0 Å². The third-order valence-corrected chi connectivity index (χ3v) is 1.81. The van der Waals surface area contributed by atoms with Gasteiger partial charge in [0.1, 0.15) is 0 Å². The summed E-state index contributed by atoms with van der Waals surface area (Å²) in [5.41, 5.74) is 0.419. The molecule has 0 saturated heterocycles. The van der Waals surface area contributed by atoms with Crippen LogP contribution in [0.4, 0.5) is 0 Å². The van der Waals surface area contributed by atoms with Gasteiger partial charge in [-0.3, -0.25) is 4.99 Å². The van der Waals surface area contributed by atoms with Gasteiger partial charge in [-0.15, -0.1) is 0 Å². The van der Waals surface area contributed by atoms with Crippen molar-refractivity contribution in [2.45, 2.75) is 20.1 Å². The van der Waals surface area contributed by atoms with Crippen molar-refractivity contribution in [2.24, 2.45) is 4.99 Å². The lowest BCUT2D eigenvalue weighted by Crippen LogP contribution is -2.34. The first-order chi connectivity index (χ1) is 6.11. The molecule has 72 valence electrons. The summed E-state index contributed by atoms with van der Waals surface area (Å²) in [7, 11) is 0. The van der Waals surface area contributed by atoms with Crippen LogP contribution < -0.4 is 0 Å². The fourth-order valence-corrected chi connectivity index (χ4v) is 0.992. The molecule has 0 saturated carbocycles. The van der Waals surface area contributed by atoms with Crippen molar-refractivity contribution in [3.8, 4) is 0 Å². The van der Waals surface area contributed by atoms with E-state index in [2.05, 4.69) is 11.6 Å². The van der Waals surface area contributed by atoms with Crippen molar-refractivity contribution in [2.75, 3.05) is 13.1 Å². The highest BCUT2D eigenvalue weighted by Crippen LogP contribution is 2.05. The topological polar surface area (TPSA) is 41.9 Å². The lowest BCUT2D eigenvalue weighted by Gasteiger charge is -2.22. The van der Waals surface area contributed by atoms with Gasteiger partial charge in [-0.05, 0) is 13.8 Å². The predicted octanol–water partition coefficient (Wildman–Crippen LogP) is 0.796. The average molecular weight is 182 g/mol. The molecular formula is C9H14N2O2. The van der Waals surface area contributed by atoms with E-state index in [1.807, 2.05) is 11.8 Å². The van der Waals surface area contributed by atoms with Gasteiger partial charge in [-0.25, -0.2) is 4.79 Å². The largest absolute Gasteiger partial charge is 0.439 e. The van der Waals surface area contributed by atoms with Crippen molar-refractivity contribution >= 4 is 12.3 Å². The minimum absolute atomic E-state index is 0.254. The zero-order valence-corrected chi connectivity index (χ0v) is 7.99. The predicted molar refractivity (Wildman–Crippen MR) is 50.4 cm³/mol. The van der Waals surface area contributed by atoms with Crippen LogP contribution in [-0.4, -0.2) is 36.5 Å². The molecule has 0 fully saturated rings. The molecule has 0 radical (unpaired) electrons. The lowest BCUT2D eigenvalue weighted by molar-refractivity contribution is -0.148. The van der Waals surface area contributed by atoms with Crippen LogP contribution in [-0.2, 0) is 9.53 Å². The molecule has 1 aliphatic rings. The fraction of sp³-hybridized carbons (Fsp3) is 0.556. The van der Waals surface area contributed by atoms with Crippen LogP contribution in [0.1, 0.15) is 13.8 Å². The first-order valence-electron chi connectivity index (χ1n) is 4.23. The monoisotopic (exact) mass is 182 g/mol. The zero-order chi connectivity index (χ0) is 9.84. The summed E-state index contributed by atoms with van der Waals surface area (Å²) in [6, 6.07) is 0. The Kier molecular flexibility index (Phi) is 3.06. The Balaban J connectivity index is 2.40. The molecule has 4 heteroatoms. The number of ether oxygens (including phenoxy) is 1. The number of rotatable bonds is 3. The fourth-order valence-electron chi connectivity index (χ4n) is 0.992. The van der Waals surface area contributed by atoms with E-state index < -0.39 is 0 Å². The number of nitrogens with zero attached hydrogens (tertiary/aromatic N) is 2. The summed E-state index contributed by atoms with van der Waals surface area (Å²) in [6.45, 7) is 8.54. The van der Waals surface area contributed by atoms with Gasteiger partial charge in [0.2, 0.25) is 0 Å². The maximum Gasteiger partial charge on any atom is 0.335 e. The van der Waals surface area contributed by atoms with Gasteiger partial charge in [0.15, 0.2) is 6.23 Å². The number of carbonyl (C=O) groups is 1. The third kappa shape index (κ3) is 2.57. The lowest BCUT2D eigenvalue weighted by atomic mass is 10.4. The first kappa shape index (κ1) is 9.77. The van der Waals surface area contributed by atoms with Gasteiger partial charge in [0, 0.05) is 12.1 Å². The van der Waals surface area contributed by atoms with Crippen molar-refractivity contribution in [3.05, 3.63) is 12.2 Å². The average Bonchev–Trinajstić information content (AvgIpc) is 2.55. The quantitative estimate of drug-likeness (QED) is 0.479. The van der Waals surface area contributed by atoms with Crippen LogP contribution in [0.5, 0.6) is 0 Å². The molecule has 4 nitrogen and oxygen atoms in total. The molecule has 0 aromatic rings. The highest BCUT2D eigenvalue weighted by molar-refractivity contribution is 5.87. The Labute approximate surface area is 77.9 Å². The Hall–Kier alpha value is -1.32. The molecule has 0 bridgehead atoms. The summed E-state index contributed by atoms with van der Waals surface area (Å²) in [6.07, 6.45) is 1.45. The van der Waals surface area contributed by atoms with Crippen molar-refractivity contribution in [1.29, 1.82) is 0 Å². The van der Waals surface area contributed by atoms with Gasteiger partial charge in [0.25, 0.3) is 0 Å². The summed E-state index contributed by atoms with van der Waals surface area (Å²) in [5, 5.41) is 0. The number of hydrogen-bond donors (Lipinski definition) is 0. The molecule has 1 atom stereocenters. The Morgan fingerprint density at radius 2 is 2.46 bits per heavy atom. The van der Waals surface area contributed by atoms with Gasteiger partial charge in [-0.2, -0.15) is 0 Å².